The standard InChI is InChI=1S/C25H29F3N6O2/c1-33-10-18-6-15(2-3-22(18)32-33)23-9-21(25(26,27)28)24(31-30-23)29-19-7-16-11-34(12-17(16)8-19)13-20-14-35-4-5-36-20/h2-3,6,9-10,16-17,19-20H,4-5,7-8,11-14H2,1H3,(H,29,31)/t16-,17+,19-,20-/m0/s1. The summed E-state index contributed by atoms with van der Waals surface area (Å²) in [5, 5.41) is 16.4. The Balaban J connectivity index is 1.15. The molecule has 0 bridgehead atoms. The van der Waals surface area contributed by atoms with Gasteiger partial charge in [0.05, 0.1) is 37.1 Å². The van der Waals surface area contributed by atoms with Crippen LogP contribution in [0.15, 0.2) is 30.5 Å². The molecule has 192 valence electrons. The first-order valence-corrected chi connectivity index (χ1v) is 12.4. The van der Waals surface area contributed by atoms with Gasteiger partial charge >= 0.3 is 6.18 Å². The Morgan fingerprint density at radius 2 is 1.89 bits per heavy atom. The summed E-state index contributed by atoms with van der Waals surface area (Å²) in [6.07, 6.45) is -0.975. The molecule has 0 spiro atoms. The van der Waals surface area contributed by atoms with Gasteiger partial charge in [0.2, 0.25) is 0 Å². The number of halogens is 3. The molecule has 1 aliphatic carbocycles. The summed E-state index contributed by atoms with van der Waals surface area (Å²) in [4.78, 5) is 2.40. The van der Waals surface area contributed by atoms with E-state index in [9.17, 15) is 13.2 Å². The molecule has 1 saturated carbocycles. The molecule has 36 heavy (non-hydrogen) atoms. The molecule has 4 atom stereocenters. The minimum Gasteiger partial charge on any atom is -0.376 e. The molecule has 3 fully saturated rings. The first-order chi connectivity index (χ1) is 17.3. The monoisotopic (exact) mass is 502 g/mol. The fourth-order valence-electron chi connectivity index (χ4n) is 5.95. The van der Waals surface area contributed by atoms with Gasteiger partial charge < -0.3 is 19.7 Å². The average molecular weight is 503 g/mol. The van der Waals surface area contributed by atoms with Crippen molar-refractivity contribution in [3.63, 3.8) is 0 Å². The van der Waals surface area contributed by atoms with E-state index in [4.69, 9.17) is 9.47 Å². The molecule has 4 heterocycles. The number of ether oxygens (including phenoxy) is 2. The summed E-state index contributed by atoms with van der Waals surface area (Å²) < 4.78 is 55.0. The number of alkyl halides is 3. The lowest BCUT2D eigenvalue weighted by atomic mass is 10.0. The van der Waals surface area contributed by atoms with Crippen LogP contribution in [0.5, 0.6) is 0 Å². The van der Waals surface area contributed by atoms with Gasteiger partial charge in [0.15, 0.2) is 5.82 Å². The lowest BCUT2D eigenvalue weighted by Crippen LogP contribution is -2.39. The Morgan fingerprint density at radius 1 is 1.08 bits per heavy atom. The van der Waals surface area contributed by atoms with Gasteiger partial charge in [0.1, 0.15) is 5.56 Å². The Morgan fingerprint density at radius 3 is 2.61 bits per heavy atom. The summed E-state index contributed by atoms with van der Waals surface area (Å²) in [5.74, 6) is 0.725. The molecule has 11 heteroatoms. The predicted molar refractivity (Wildman–Crippen MR) is 127 cm³/mol. The van der Waals surface area contributed by atoms with Crippen LogP contribution in [0.25, 0.3) is 22.2 Å². The van der Waals surface area contributed by atoms with Gasteiger partial charge in [-0.2, -0.15) is 18.3 Å². The zero-order chi connectivity index (χ0) is 24.9. The number of fused-ring (bicyclic) bond motifs is 2. The van der Waals surface area contributed by atoms with E-state index in [0.29, 0.717) is 37.2 Å². The average Bonchev–Trinajstić information content (AvgIpc) is 3.50. The van der Waals surface area contributed by atoms with Crippen LogP contribution in [0.2, 0.25) is 0 Å². The maximum Gasteiger partial charge on any atom is 0.420 e. The van der Waals surface area contributed by atoms with Crippen molar-refractivity contribution in [1.82, 2.24) is 24.9 Å². The minimum absolute atomic E-state index is 0.0515. The lowest BCUT2D eigenvalue weighted by molar-refractivity contribution is -0.137. The SMILES string of the molecule is Cn1cc2cc(-c3cc(C(F)(F)F)c(N[C@@H]4C[C@@H]5CN(C[C@H]6COCCO6)C[C@@H]5C4)nn3)ccc2n1. The first-order valence-electron chi connectivity index (χ1n) is 12.4. The quantitative estimate of drug-likeness (QED) is 0.572. The number of rotatable bonds is 5. The summed E-state index contributed by atoms with van der Waals surface area (Å²) >= 11 is 0. The van der Waals surface area contributed by atoms with Crippen LogP contribution in [-0.2, 0) is 22.7 Å². The summed E-state index contributed by atoms with van der Waals surface area (Å²) in [6, 6.07) is 6.33. The maximum absolute atomic E-state index is 14.0. The molecule has 0 unspecified atom stereocenters. The molecular weight excluding hydrogens is 473 g/mol. The van der Waals surface area contributed by atoms with Gasteiger partial charge in [0, 0.05) is 49.9 Å². The first kappa shape index (κ1) is 23.6. The van der Waals surface area contributed by atoms with Crippen LogP contribution in [0.3, 0.4) is 0 Å². The highest BCUT2D eigenvalue weighted by molar-refractivity contribution is 5.83. The number of likely N-dealkylation sites (tertiary alicyclic amines) is 1. The Hall–Kier alpha value is -2.76. The van der Waals surface area contributed by atoms with E-state index in [2.05, 4.69) is 25.5 Å². The molecule has 2 saturated heterocycles. The summed E-state index contributed by atoms with van der Waals surface area (Å²) in [5.41, 5.74) is 0.745. The van der Waals surface area contributed by atoms with Crippen molar-refractivity contribution >= 4 is 16.7 Å². The Bertz CT molecular complexity index is 1230. The van der Waals surface area contributed by atoms with Gasteiger partial charge in [-0.15, -0.1) is 10.2 Å². The molecule has 3 aliphatic rings. The molecule has 8 nitrogen and oxygen atoms in total. The number of anilines is 1. The molecule has 3 aromatic rings. The third-order valence-electron chi connectivity index (χ3n) is 7.53. The summed E-state index contributed by atoms with van der Waals surface area (Å²) in [7, 11) is 1.80. The van der Waals surface area contributed by atoms with Crippen molar-refractivity contribution in [2.45, 2.75) is 31.2 Å². The van der Waals surface area contributed by atoms with Crippen molar-refractivity contribution in [2.75, 3.05) is 44.8 Å². The Kier molecular flexibility index (Phi) is 6.09. The highest BCUT2D eigenvalue weighted by Crippen LogP contribution is 2.41. The predicted octanol–water partition coefficient (Wildman–Crippen LogP) is 3.59. The fraction of sp³-hybridized carbons (Fsp3) is 0.560. The van der Waals surface area contributed by atoms with E-state index in [1.807, 2.05) is 6.20 Å². The highest BCUT2D eigenvalue weighted by atomic mass is 19.4. The second kappa shape index (κ2) is 9.28. The molecule has 6 rings (SSSR count). The van der Waals surface area contributed by atoms with E-state index in [-0.39, 0.29) is 23.7 Å². The van der Waals surface area contributed by atoms with E-state index in [1.165, 1.54) is 0 Å². The van der Waals surface area contributed by atoms with E-state index in [0.717, 1.165) is 49.4 Å². The lowest BCUT2D eigenvalue weighted by Gasteiger charge is -2.28. The number of nitrogens with one attached hydrogen (secondary N) is 1. The molecule has 0 amide bonds. The van der Waals surface area contributed by atoms with Crippen LogP contribution in [0, 0.1) is 11.8 Å². The second-order valence-corrected chi connectivity index (χ2v) is 10.2. The van der Waals surface area contributed by atoms with Crippen LogP contribution in [0.1, 0.15) is 18.4 Å². The van der Waals surface area contributed by atoms with Crippen LogP contribution in [-0.4, -0.2) is 76.5 Å². The number of benzene rings is 1. The molecule has 2 aliphatic heterocycles. The smallest absolute Gasteiger partial charge is 0.376 e. The van der Waals surface area contributed by atoms with Crippen molar-refractivity contribution in [1.29, 1.82) is 0 Å². The Labute approximate surface area is 206 Å². The fourth-order valence-corrected chi connectivity index (χ4v) is 5.95. The van der Waals surface area contributed by atoms with Gasteiger partial charge in [-0.05, 0) is 42.9 Å². The van der Waals surface area contributed by atoms with Gasteiger partial charge in [-0.3, -0.25) is 4.68 Å². The normalized spacial score (nSPS) is 27.0. The van der Waals surface area contributed by atoms with E-state index < -0.39 is 11.7 Å². The molecule has 1 aromatic carbocycles. The highest BCUT2D eigenvalue weighted by Gasteiger charge is 2.43. The van der Waals surface area contributed by atoms with Gasteiger partial charge in [-0.25, -0.2) is 0 Å². The van der Waals surface area contributed by atoms with Gasteiger partial charge in [0.25, 0.3) is 0 Å². The molecular formula is C25H29F3N6O2. The van der Waals surface area contributed by atoms with Crippen molar-refractivity contribution < 1.29 is 22.6 Å². The second-order valence-electron chi connectivity index (χ2n) is 10.2. The number of aryl methyl sites for hydroxylation is 1. The van der Waals surface area contributed by atoms with Crippen molar-refractivity contribution in [3.05, 3.63) is 36.0 Å². The van der Waals surface area contributed by atoms with Crippen molar-refractivity contribution in [2.24, 2.45) is 18.9 Å². The van der Waals surface area contributed by atoms with Gasteiger partial charge in [-0.1, -0.05) is 6.07 Å². The third kappa shape index (κ3) is 4.79. The number of nitrogens with zero attached hydrogens (tertiary/aromatic N) is 5. The van der Waals surface area contributed by atoms with Crippen LogP contribution < -0.4 is 5.32 Å². The van der Waals surface area contributed by atoms with E-state index >= 15 is 0 Å². The maximum atomic E-state index is 14.0. The number of hydrogen-bond acceptors (Lipinski definition) is 7. The van der Waals surface area contributed by atoms with Crippen LogP contribution >= 0.6 is 0 Å². The largest absolute Gasteiger partial charge is 0.420 e. The molecule has 1 N–H and O–H groups in total. The number of hydrogen-bond donors (Lipinski definition) is 1. The minimum atomic E-state index is -4.54. The zero-order valence-corrected chi connectivity index (χ0v) is 20.0. The molecule has 0 radical (unpaired) electrons. The number of aromatic nitrogens is 4. The molecule has 2 aromatic heterocycles. The van der Waals surface area contributed by atoms with Crippen LogP contribution in [0.4, 0.5) is 19.0 Å². The topological polar surface area (TPSA) is 77.3 Å². The summed E-state index contributed by atoms with van der Waals surface area (Å²) in [6.45, 7) is 4.64. The zero-order valence-electron chi connectivity index (χ0n) is 20.0. The third-order valence-corrected chi connectivity index (χ3v) is 7.53. The van der Waals surface area contributed by atoms with E-state index in [1.54, 1.807) is 29.9 Å². The van der Waals surface area contributed by atoms with Crippen molar-refractivity contribution in [3.8, 4) is 11.3 Å².